The number of hydrogen-bond donors (Lipinski definition) is 2. The quantitative estimate of drug-likeness (QED) is 0.771. The first kappa shape index (κ1) is 22.7. The fourth-order valence-electron chi connectivity index (χ4n) is 3.68. The van der Waals surface area contributed by atoms with Crippen molar-refractivity contribution in [2.24, 2.45) is 0 Å². The summed E-state index contributed by atoms with van der Waals surface area (Å²) in [5.74, 6) is -0.0903. The van der Waals surface area contributed by atoms with E-state index in [0.29, 0.717) is 5.78 Å². The molecule has 0 spiro atoms. The number of ketones is 2. The Morgan fingerprint density at radius 3 is 1.58 bits per heavy atom. The molecule has 0 aromatic rings. The predicted octanol–water partition coefficient (Wildman–Crippen LogP) is 1.16. The Hall–Kier alpha value is -1.31. The third kappa shape index (κ3) is 7.51. The van der Waals surface area contributed by atoms with Crippen molar-refractivity contribution in [3.8, 4) is 0 Å². The van der Waals surface area contributed by atoms with Crippen LogP contribution in [0.5, 0.6) is 0 Å². The molecule has 3 unspecified atom stereocenters. The largest absolute Gasteiger partial charge is 0.480 e. The first-order valence-electron chi connectivity index (χ1n) is 9.61. The van der Waals surface area contributed by atoms with Crippen molar-refractivity contribution in [1.82, 2.24) is 15.1 Å². The lowest BCUT2D eigenvalue weighted by atomic mass is 10.1. The van der Waals surface area contributed by atoms with E-state index in [9.17, 15) is 14.4 Å². The van der Waals surface area contributed by atoms with Crippen LogP contribution in [0.1, 0.15) is 52.4 Å². The van der Waals surface area contributed by atoms with Gasteiger partial charge in [0.25, 0.3) is 0 Å². The monoisotopic (exact) mass is 369 g/mol. The number of carboxylic acid groups (broad SMARTS) is 1. The van der Waals surface area contributed by atoms with E-state index in [4.69, 9.17) is 5.11 Å². The molecular formula is C19H35N3O4. The standard InChI is InChI=1S/C7H13NO.C6H11NO2.C6H11NO/c1-6(9)7-4-3-5-8(7)2;1-7-4-2-3-5(7)6(8)9;1-5(8)6-3-2-4-7-6/h7H,3-5H2,1-2H3;5H,2-4H2,1H3,(H,8,9);6-7H,2-4H2,1H3. The van der Waals surface area contributed by atoms with Crippen molar-refractivity contribution in [2.75, 3.05) is 33.7 Å². The van der Waals surface area contributed by atoms with Gasteiger partial charge >= 0.3 is 5.97 Å². The number of carbonyl (C=O) groups is 3. The summed E-state index contributed by atoms with van der Waals surface area (Å²) in [6, 6.07) is 0.185. The van der Waals surface area contributed by atoms with Gasteiger partial charge in [0, 0.05) is 0 Å². The molecule has 2 N–H and O–H groups in total. The highest BCUT2D eigenvalue weighted by Crippen LogP contribution is 2.15. The van der Waals surface area contributed by atoms with Gasteiger partial charge < -0.3 is 10.4 Å². The number of likely N-dealkylation sites (N-methyl/N-ethyl adjacent to an activating group) is 2. The van der Waals surface area contributed by atoms with Crippen LogP contribution < -0.4 is 5.32 Å². The number of nitrogens with one attached hydrogen (secondary N) is 1. The molecule has 0 radical (unpaired) electrons. The maximum absolute atomic E-state index is 10.8. The molecular weight excluding hydrogens is 334 g/mol. The molecule has 7 heteroatoms. The van der Waals surface area contributed by atoms with E-state index >= 15 is 0 Å². The maximum Gasteiger partial charge on any atom is 0.320 e. The van der Waals surface area contributed by atoms with Crippen LogP contribution in [0.3, 0.4) is 0 Å². The summed E-state index contributed by atoms with van der Waals surface area (Å²) in [5, 5.41) is 11.6. The van der Waals surface area contributed by atoms with Crippen LogP contribution in [0.2, 0.25) is 0 Å². The number of nitrogens with zero attached hydrogens (tertiary/aromatic N) is 2. The van der Waals surface area contributed by atoms with Crippen LogP contribution in [0.25, 0.3) is 0 Å². The Morgan fingerprint density at radius 2 is 1.38 bits per heavy atom. The van der Waals surface area contributed by atoms with Gasteiger partial charge in [-0.1, -0.05) is 0 Å². The summed E-state index contributed by atoms with van der Waals surface area (Å²) < 4.78 is 0. The molecule has 0 aromatic heterocycles. The molecule has 26 heavy (non-hydrogen) atoms. The Bertz CT molecular complexity index is 447. The van der Waals surface area contributed by atoms with Crippen LogP contribution in [0.4, 0.5) is 0 Å². The molecule has 0 amide bonds. The van der Waals surface area contributed by atoms with Gasteiger partial charge in [0.15, 0.2) is 0 Å². The lowest BCUT2D eigenvalue weighted by Gasteiger charge is -2.14. The van der Waals surface area contributed by atoms with Crippen molar-refractivity contribution < 1.29 is 19.5 Å². The van der Waals surface area contributed by atoms with Crippen molar-refractivity contribution >= 4 is 17.5 Å². The van der Waals surface area contributed by atoms with E-state index in [1.807, 2.05) is 19.0 Å². The maximum atomic E-state index is 10.8. The van der Waals surface area contributed by atoms with Gasteiger partial charge in [0.2, 0.25) is 0 Å². The van der Waals surface area contributed by atoms with Gasteiger partial charge in [-0.05, 0) is 86.1 Å². The number of carboxylic acids is 1. The minimum Gasteiger partial charge on any atom is -0.480 e. The first-order valence-corrected chi connectivity index (χ1v) is 9.61. The zero-order chi connectivity index (χ0) is 19.7. The molecule has 3 aliphatic rings. The second-order valence-corrected chi connectivity index (χ2v) is 7.49. The van der Waals surface area contributed by atoms with Crippen molar-refractivity contribution in [3.63, 3.8) is 0 Å². The summed E-state index contributed by atoms with van der Waals surface area (Å²) in [5.41, 5.74) is 0. The minimum absolute atomic E-state index is 0.176. The van der Waals surface area contributed by atoms with Crippen LogP contribution in [-0.4, -0.2) is 84.3 Å². The molecule has 0 aromatic carbocycles. The first-order chi connectivity index (χ1) is 12.2. The molecule has 150 valence electrons. The minimum atomic E-state index is -0.685. The molecule has 0 aliphatic carbocycles. The third-order valence-electron chi connectivity index (χ3n) is 5.35. The molecule has 0 bridgehead atoms. The van der Waals surface area contributed by atoms with Crippen molar-refractivity contribution in [1.29, 1.82) is 0 Å². The van der Waals surface area contributed by atoms with Crippen LogP contribution in [0, 0.1) is 0 Å². The van der Waals surface area contributed by atoms with Gasteiger partial charge in [-0.25, -0.2) is 0 Å². The lowest BCUT2D eigenvalue weighted by molar-refractivity contribution is -0.141. The van der Waals surface area contributed by atoms with Gasteiger partial charge in [0.05, 0.1) is 12.1 Å². The zero-order valence-electron chi connectivity index (χ0n) is 16.7. The highest BCUT2D eigenvalue weighted by Gasteiger charge is 2.26. The fourth-order valence-corrected chi connectivity index (χ4v) is 3.68. The second kappa shape index (κ2) is 11.4. The van der Waals surface area contributed by atoms with Gasteiger partial charge in [-0.3, -0.25) is 24.2 Å². The van der Waals surface area contributed by atoms with E-state index in [1.165, 1.54) is 6.42 Å². The van der Waals surface area contributed by atoms with E-state index in [1.54, 1.807) is 13.8 Å². The molecule has 3 aliphatic heterocycles. The second-order valence-electron chi connectivity index (χ2n) is 7.49. The molecule has 3 rings (SSSR count). The number of hydrogen-bond acceptors (Lipinski definition) is 6. The Kier molecular flexibility index (Phi) is 9.98. The molecule has 3 saturated heterocycles. The molecule has 3 atom stereocenters. The Balaban J connectivity index is 0.000000195. The lowest BCUT2D eigenvalue weighted by Crippen LogP contribution is -2.32. The van der Waals surface area contributed by atoms with Gasteiger partial charge in [-0.2, -0.15) is 0 Å². The van der Waals surface area contributed by atoms with E-state index in [-0.39, 0.29) is 23.9 Å². The van der Waals surface area contributed by atoms with Crippen LogP contribution in [0.15, 0.2) is 0 Å². The SMILES string of the molecule is CC(=O)C1CCCN1.CC(=O)C1CCCN1C.CN1CCCC1C(=O)O. The van der Waals surface area contributed by atoms with Crippen LogP contribution >= 0.6 is 0 Å². The van der Waals surface area contributed by atoms with Crippen molar-refractivity contribution in [3.05, 3.63) is 0 Å². The topological polar surface area (TPSA) is 90.0 Å². The normalized spacial score (nSPS) is 28.7. The number of Topliss-reactive ketones (excluding diaryl/α,β-unsaturated/α-hetero) is 2. The predicted molar refractivity (Wildman–Crippen MR) is 101 cm³/mol. The van der Waals surface area contributed by atoms with Gasteiger partial charge in [0.1, 0.15) is 17.6 Å². The zero-order valence-corrected chi connectivity index (χ0v) is 16.7. The Labute approximate surface area is 157 Å². The number of aliphatic carboxylic acids is 1. The number of carbonyl (C=O) groups excluding carboxylic acids is 2. The fraction of sp³-hybridized carbons (Fsp3) is 0.842. The van der Waals surface area contributed by atoms with Crippen LogP contribution in [-0.2, 0) is 14.4 Å². The highest BCUT2D eigenvalue weighted by atomic mass is 16.4. The van der Waals surface area contributed by atoms with E-state index in [0.717, 1.165) is 51.7 Å². The number of likely N-dealkylation sites (tertiary alicyclic amines) is 2. The molecule has 0 saturated carbocycles. The summed E-state index contributed by atoms with van der Waals surface area (Å²) in [6.07, 6.45) is 6.27. The summed E-state index contributed by atoms with van der Waals surface area (Å²) >= 11 is 0. The van der Waals surface area contributed by atoms with Gasteiger partial charge in [-0.15, -0.1) is 0 Å². The van der Waals surface area contributed by atoms with Crippen molar-refractivity contribution in [2.45, 2.75) is 70.5 Å². The average Bonchev–Trinajstić information content (AvgIpc) is 3.28. The third-order valence-corrected chi connectivity index (χ3v) is 5.35. The van der Waals surface area contributed by atoms with E-state index in [2.05, 4.69) is 10.2 Å². The highest BCUT2D eigenvalue weighted by molar-refractivity contribution is 5.82. The van der Waals surface area contributed by atoms with E-state index < -0.39 is 5.97 Å². The smallest absolute Gasteiger partial charge is 0.320 e. The average molecular weight is 370 g/mol. The molecule has 3 heterocycles. The summed E-state index contributed by atoms with van der Waals surface area (Å²) in [7, 11) is 3.87. The number of rotatable bonds is 3. The summed E-state index contributed by atoms with van der Waals surface area (Å²) in [6.45, 7) is 6.35. The molecule has 7 nitrogen and oxygen atoms in total. The molecule has 3 fully saturated rings. The Morgan fingerprint density at radius 1 is 0.846 bits per heavy atom. The summed E-state index contributed by atoms with van der Waals surface area (Å²) in [4.78, 5) is 35.8.